The number of hydrogen-bond acceptors (Lipinski definition) is 4. The van der Waals surface area contributed by atoms with E-state index in [1.54, 1.807) is 0 Å². The maximum absolute atomic E-state index is 11.5. The first-order valence-electron chi connectivity index (χ1n) is 15.7. The number of methoxy groups -OCH3 is 1. The number of allylic oxidation sites excluding steroid dienone is 4. The van der Waals surface area contributed by atoms with Gasteiger partial charge in [-0.05, 0) is 80.2 Å². The van der Waals surface area contributed by atoms with Crippen molar-refractivity contribution in [3.63, 3.8) is 0 Å². The van der Waals surface area contributed by atoms with Gasteiger partial charge in [0.05, 0.1) is 19.3 Å². The summed E-state index contributed by atoms with van der Waals surface area (Å²) in [5.74, 6) is 7.94. The fraction of sp³-hybridized carbons (Fsp3) is 0.743. The van der Waals surface area contributed by atoms with Crippen molar-refractivity contribution >= 4 is 22.6 Å². The number of fused-ring (bicyclic) bond motifs is 1. The molecule has 0 N–H and O–H groups in total. The van der Waals surface area contributed by atoms with E-state index in [1.807, 2.05) is 6.92 Å². The van der Waals surface area contributed by atoms with Crippen molar-refractivity contribution < 1.29 is 18.4 Å². The first kappa shape index (κ1) is 35.8. The number of hydrogen-bond donors (Lipinski definition) is 0. The van der Waals surface area contributed by atoms with Gasteiger partial charge in [0.25, 0.3) is 0 Å². The molecule has 232 valence electrons. The SMILES string of the molecule is CC#CCC(C)[C@@H](C=C[C@H]1[C@H]2CC(C=CCCC(=O)OC)=C[C@H]2C[C@H]1O[Si](C)(C)C(C)(C)C)O[Si](C)(C)C(C)(C)C. The lowest BCUT2D eigenvalue weighted by Gasteiger charge is -2.41. The molecule has 0 aromatic heterocycles. The summed E-state index contributed by atoms with van der Waals surface area (Å²) in [5.41, 5.74) is 1.38. The first-order chi connectivity index (χ1) is 18.8. The number of rotatable bonds is 12. The van der Waals surface area contributed by atoms with Gasteiger partial charge in [0.15, 0.2) is 16.6 Å². The van der Waals surface area contributed by atoms with Gasteiger partial charge in [0.1, 0.15) is 0 Å². The molecule has 2 aliphatic carbocycles. The second-order valence-corrected chi connectivity index (χ2v) is 24.9. The molecule has 1 fully saturated rings. The van der Waals surface area contributed by atoms with Crippen LogP contribution < -0.4 is 0 Å². The Kier molecular flexibility index (Phi) is 12.6. The zero-order valence-corrected chi connectivity index (χ0v) is 30.5. The summed E-state index contributed by atoms with van der Waals surface area (Å²) < 4.78 is 18.9. The van der Waals surface area contributed by atoms with Gasteiger partial charge in [0.2, 0.25) is 0 Å². The number of carbonyl (C=O) groups excluding carboxylic acids is 1. The normalized spacial score (nSPS) is 25.1. The summed E-state index contributed by atoms with van der Waals surface area (Å²) >= 11 is 0. The molecule has 0 aromatic rings. The zero-order chi connectivity index (χ0) is 31.2. The van der Waals surface area contributed by atoms with Crippen LogP contribution in [0.2, 0.25) is 36.3 Å². The Balaban J connectivity index is 2.36. The van der Waals surface area contributed by atoms with Crippen LogP contribution in [-0.4, -0.2) is 41.9 Å². The van der Waals surface area contributed by atoms with Gasteiger partial charge in [-0.1, -0.05) is 84.4 Å². The van der Waals surface area contributed by atoms with Crippen molar-refractivity contribution in [2.24, 2.45) is 23.7 Å². The lowest BCUT2D eigenvalue weighted by molar-refractivity contribution is -0.140. The third-order valence-electron chi connectivity index (χ3n) is 10.1. The van der Waals surface area contributed by atoms with Gasteiger partial charge in [-0.15, -0.1) is 11.8 Å². The molecular weight excluding hydrogens is 541 g/mol. The number of ether oxygens (including phenoxy) is 1. The van der Waals surface area contributed by atoms with Gasteiger partial charge in [-0.25, -0.2) is 0 Å². The van der Waals surface area contributed by atoms with Gasteiger partial charge in [-0.2, -0.15) is 0 Å². The number of esters is 1. The molecule has 0 bridgehead atoms. The van der Waals surface area contributed by atoms with Crippen molar-refractivity contribution in [1.82, 2.24) is 0 Å². The van der Waals surface area contributed by atoms with Crippen LogP contribution >= 0.6 is 0 Å². The fourth-order valence-corrected chi connectivity index (χ4v) is 8.05. The standard InChI is InChI=1S/C35H60O4Si2/c1-14-15-18-26(2)31(38-40(10,11)34(3,4)5)22-21-29-30-24-27(19-16-17-20-33(36)37-9)23-28(30)25-32(29)39-41(12,13)35(6,7)8/h16,19,21-23,26,28-32H,17-18,20,24-25H2,1-13H3/t26?,28-,29-,30-,31+,32+/m0/s1. The summed E-state index contributed by atoms with van der Waals surface area (Å²) in [4.78, 5) is 11.5. The molecule has 2 aliphatic rings. The molecular formula is C35H60O4Si2. The van der Waals surface area contributed by atoms with Crippen LogP contribution in [-0.2, 0) is 18.4 Å². The van der Waals surface area contributed by atoms with Crippen LogP contribution in [0.1, 0.15) is 87.5 Å². The third-order valence-corrected chi connectivity index (χ3v) is 19.1. The Morgan fingerprint density at radius 2 is 1.73 bits per heavy atom. The van der Waals surface area contributed by atoms with Crippen molar-refractivity contribution in [3.05, 3.63) is 36.0 Å². The van der Waals surface area contributed by atoms with E-state index in [1.165, 1.54) is 12.7 Å². The smallest absolute Gasteiger partial charge is 0.305 e. The van der Waals surface area contributed by atoms with Crippen LogP contribution in [0.25, 0.3) is 0 Å². The Labute approximate surface area is 255 Å². The molecule has 4 nitrogen and oxygen atoms in total. The molecule has 1 saturated carbocycles. The van der Waals surface area contributed by atoms with E-state index >= 15 is 0 Å². The Morgan fingerprint density at radius 3 is 2.29 bits per heavy atom. The molecule has 0 heterocycles. The summed E-state index contributed by atoms with van der Waals surface area (Å²) in [6.45, 7) is 27.6. The van der Waals surface area contributed by atoms with Crippen molar-refractivity contribution in [3.8, 4) is 11.8 Å². The van der Waals surface area contributed by atoms with Crippen LogP contribution in [0.5, 0.6) is 0 Å². The van der Waals surface area contributed by atoms with Crippen LogP contribution in [0.4, 0.5) is 0 Å². The summed E-state index contributed by atoms with van der Waals surface area (Å²) in [6, 6.07) is 0. The Morgan fingerprint density at radius 1 is 1.10 bits per heavy atom. The van der Waals surface area contributed by atoms with Gasteiger partial charge >= 0.3 is 5.97 Å². The Hall–Kier alpha value is -1.40. The Bertz CT molecular complexity index is 1030. The van der Waals surface area contributed by atoms with Gasteiger partial charge < -0.3 is 13.6 Å². The molecule has 2 rings (SSSR count). The minimum absolute atomic E-state index is 0.0383. The lowest BCUT2D eigenvalue weighted by Crippen LogP contribution is -2.45. The average molecular weight is 601 g/mol. The highest BCUT2D eigenvalue weighted by Crippen LogP contribution is 2.51. The first-order valence-corrected chi connectivity index (χ1v) is 21.5. The summed E-state index contributed by atoms with van der Waals surface area (Å²) in [5, 5.41) is 0.315. The maximum atomic E-state index is 11.5. The molecule has 0 spiro atoms. The predicted molar refractivity (Wildman–Crippen MR) is 179 cm³/mol. The predicted octanol–water partition coefficient (Wildman–Crippen LogP) is 9.46. The highest BCUT2D eigenvalue weighted by Gasteiger charge is 2.48. The van der Waals surface area contributed by atoms with Crippen LogP contribution in [0.15, 0.2) is 36.0 Å². The number of carbonyl (C=O) groups is 1. The minimum Gasteiger partial charge on any atom is -0.469 e. The quantitative estimate of drug-likeness (QED) is 0.0968. The lowest BCUT2D eigenvalue weighted by atomic mass is 9.88. The van der Waals surface area contributed by atoms with Crippen LogP contribution in [0.3, 0.4) is 0 Å². The molecule has 0 radical (unpaired) electrons. The molecule has 0 saturated heterocycles. The van der Waals surface area contributed by atoms with Gasteiger partial charge in [0, 0.05) is 18.8 Å². The molecule has 0 amide bonds. The second-order valence-electron chi connectivity index (χ2n) is 15.4. The molecule has 41 heavy (non-hydrogen) atoms. The zero-order valence-electron chi connectivity index (χ0n) is 28.5. The molecule has 6 atom stereocenters. The minimum atomic E-state index is -1.97. The highest BCUT2D eigenvalue weighted by atomic mass is 28.4. The fourth-order valence-electron chi connectivity index (χ4n) is 5.34. The topological polar surface area (TPSA) is 44.8 Å². The molecule has 0 aromatic carbocycles. The van der Waals surface area contributed by atoms with Crippen molar-refractivity contribution in [1.29, 1.82) is 0 Å². The summed E-state index contributed by atoms with van der Waals surface area (Å²) in [6.07, 6.45) is 16.0. The van der Waals surface area contributed by atoms with E-state index in [4.69, 9.17) is 13.6 Å². The van der Waals surface area contributed by atoms with E-state index in [2.05, 4.69) is 117 Å². The molecule has 1 unspecified atom stereocenters. The van der Waals surface area contributed by atoms with E-state index < -0.39 is 16.6 Å². The molecule has 6 heteroatoms. The average Bonchev–Trinajstić information content (AvgIpc) is 3.37. The van der Waals surface area contributed by atoms with Crippen LogP contribution in [0, 0.1) is 35.5 Å². The van der Waals surface area contributed by atoms with E-state index in [9.17, 15) is 4.79 Å². The van der Waals surface area contributed by atoms with E-state index in [0.29, 0.717) is 36.5 Å². The second kappa shape index (κ2) is 14.4. The largest absolute Gasteiger partial charge is 0.469 e. The molecule has 0 aliphatic heterocycles. The monoisotopic (exact) mass is 600 g/mol. The maximum Gasteiger partial charge on any atom is 0.305 e. The van der Waals surface area contributed by atoms with Gasteiger partial charge in [-0.3, -0.25) is 4.79 Å². The van der Waals surface area contributed by atoms with E-state index in [-0.39, 0.29) is 28.3 Å². The third kappa shape index (κ3) is 9.81. The van der Waals surface area contributed by atoms with Crippen molar-refractivity contribution in [2.45, 2.75) is 136 Å². The van der Waals surface area contributed by atoms with Crippen molar-refractivity contribution in [2.75, 3.05) is 7.11 Å². The highest BCUT2D eigenvalue weighted by molar-refractivity contribution is 6.74. The summed E-state index contributed by atoms with van der Waals surface area (Å²) in [7, 11) is -2.45. The van der Waals surface area contributed by atoms with E-state index in [0.717, 1.165) is 19.3 Å².